The molecule has 1 aliphatic heterocycles. The number of aromatic nitrogens is 2. The van der Waals surface area contributed by atoms with Gasteiger partial charge in [-0.2, -0.15) is 0 Å². The molecule has 0 unspecified atom stereocenters. The van der Waals surface area contributed by atoms with Crippen LogP contribution in [0.2, 0.25) is 0 Å². The van der Waals surface area contributed by atoms with Gasteiger partial charge in [-0.15, -0.1) is 0 Å². The van der Waals surface area contributed by atoms with Crippen molar-refractivity contribution in [1.82, 2.24) is 14.9 Å². The summed E-state index contributed by atoms with van der Waals surface area (Å²) in [7, 11) is 1.60. The molecule has 6 nitrogen and oxygen atoms in total. The Morgan fingerprint density at radius 1 is 1.11 bits per heavy atom. The van der Waals surface area contributed by atoms with Crippen molar-refractivity contribution in [2.45, 2.75) is 26.2 Å². The van der Waals surface area contributed by atoms with E-state index >= 15 is 0 Å². The van der Waals surface area contributed by atoms with E-state index in [4.69, 9.17) is 9.47 Å². The lowest BCUT2D eigenvalue weighted by Crippen LogP contribution is -2.38. The van der Waals surface area contributed by atoms with Crippen molar-refractivity contribution in [3.63, 3.8) is 0 Å². The van der Waals surface area contributed by atoms with E-state index in [0.717, 1.165) is 48.4 Å². The molecular weight excluding hydrogens is 354 g/mol. The average molecular weight is 379 g/mol. The van der Waals surface area contributed by atoms with E-state index < -0.39 is 0 Å². The van der Waals surface area contributed by atoms with Crippen molar-refractivity contribution in [2.75, 3.05) is 26.8 Å². The van der Waals surface area contributed by atoms with Crippen molar-refractivity contribution >= 4 is 16.9 Å². The number of ether oxygens (including phenoxy) is 2. The van der Waals surface area contributed by atoms with Gasteiger partial charge in [0.25, 0.3) is 5.91 Å². The van der Waals surface area contributed by atoms with E-state index in [1.54, 1.807) is 7.11 Å². The smallest absolute Gasteiger partial charge is 0.260 e. The molecule has 146 valence electrons. The minimum atomic E-state index is 0.0264. The number of nitrogens with one attached hydrogen (secondary N) is 1. The van der Waals surface area contributed by atoms with Crippen LogP contribution in [0, 0.1) is 6.92 Å². The number of aryl methyl sites for hydroxylation is 1. The number of nitrogens with zero attached hydrogens (tertiary/aromatic N) is 2. The molecule has 1 aromatic heterocycles. The van der Waals surface area contributed by atoms with Gasteiger partial charge in [0.05, 0.1) is 18.1 Å². The Kier molecular flexibility index (Phi) is 5.19. The number of carbonyl (C=O) groups is 1. The largest absolute Gasteiger partial charge is 0.493 e. The fraction of sp³-hybridized carbons (Fsp3) is 0.364. The Labute approximate surface area is 164 Å². The number of piperidine rings is 1. The monoisotopic (exact) mass is 379 g/mol. The van der Waals surface area contributed by atoms with Crippen LogP contribution in [-0.2, 0) is 4.79 Å². The maximum atomic E-state index is 12.3. The molecular formula is C22H25N3O3. The predicted octanol–water partition coefficient (Wildman–Crippen LogP) is 3.94. The second-order valence-electron chi connectivity index (χ2n) is 7.20. The van der Waals surface area contributed by atoms with Gasteiger partial charge in [-0.05, 0) is 62.1 Å². The molecule has 28 heavy (non-hydrogen) atoms. The number of hydrogen-bond donors (Lipinski definition) is 1. The van der Waals surface area contributed by atoms with Crippen LogP contribution in [0.15, 0.2) is 36.4 Å². The van der Waals surface area contributed by atoms with E-state index in [-0.39, 0.29) is 12.5 Å². The maximum absolute atomic E-state index is 12.3. The first-order valence-electron chi connectivity index (χ1n) is 9.69. The van der Waals surface area contributed by atoms with Gasteiger partial charge < -0.3 is 19.4 Å². The van der Waals surface area contributed by atoms with Crippen LogP contribution in [0.4, 0.5) is 0 Å². The molecule has 2 heterocycles. The summed E-state index contributed by atoms with van der Waals surface area (Å²) >= 11 is 0. The van der Waals surface area contributed by atoms with Crippen LogP contribution in [0.5, 0.6) is 11.5 Å². The van der Waals surface area contributed by atoms with E-state index in [9.17, 15) is 4.79 Å². The van der Waals surface area contributed by atoms with Gasteiger partial charge in [0.15, 0.2) is 18.1 Å². The summed E-state index contributed by atoms with van der Waals surface area (Å²) < 4.78 is 11.2. The lowest BCUT2D eigenvalue weighted by Gasteiger charge is -2.26. The highest BCUT2D eigenvalue weighted by Gasteiger charge is 2.18. The second-order valence-corrected chi connectivity index (χ2v) is 7.20. The number of methoxy groups -OCH3 is 1. The highest BCUT2D eigenvalue weighted by molar-refractivity contribution is 5.80. The lowest BCUT2D eigenvalue weighted by atomic mass is 10.1. The van der Waals surface area contributed by atoms with Gasteiger partial charge in [0.1, 0.15) is 5.82 Å². The SMILES string of the molecule is COc1cc(-c2nc3ccc(C)cc3[nH]2)ccc1OCC(=O)N1CCCCC1. The fourth-order valence-electron chi connectivity index (χ4n) is 3.57. The zero-order valence-electron chi connectivity index (χ0n) is 16.3. The van der Waals surface area contributed by atoms with E-state index in [1.807, 2.05) is 35.2 Å². The van der Waals surface area contributed by atoms with Crippen LogP contribution < -0.4 is 9.47 Å². The molecule has 6 heteroatoms. The molecule has 0 aliphatic carbocycles. The number of benzene rings is 2. The van der Waals surface area contributed by atoms with Crippen molar-refractivity contribution in [1.29, 1.82) is 0 Å². The molecule has 1 saturated heterocycles. The van der Waals surface area contributed by atoms with E-state index in [1.165, 1.54) is 12.0 Å². The Balaban J connectivity index is 1.51. The minimum absolute atomic E-state index is 0.0264. The normalized spacial score (nSPS) is 14.3. The van der Waals surface area contributed by atoms with Gasteiger partial charge in [-0.1, -0.05) is 6.07 Å². The average Bonchev–Trinajstić information content (AvgIpc) is 3.15. The summed E-state index contributed by atoms with van der Waals surface area (Å²) in [5.41, 5.74) is 4.01. The van der Waals surface area contributed by atoms with E-state index in [0.29, 0.717) is 11.5 Å². The van der Waals surface area contributed by atoms with Gasteiger partial charge in [0, 0.05) is 18.7 Å². The molecule has 3 aromatic rings. The second kappa shape index (κ2) is 7.92. The standard InChI is InChI=1S/C22H25N3O3/c1-15-6-8-17-18(12-15)24-22(23-17)16-7-9-19(20(13-16)27-2)28-14-21(26)25-10-4-3-5-11-25/h6-9,12-13H,3-5,10-11,14H2,1-2H3,(H,23,24). The third kappa shape index (κ3) is 3.81. The van der Waals surface area contributed by atoms with Crippen LogP contribution in [0.3, 0.4) is 0 Å². The number of rotatable bonds is 5. The van der Waals surface area contributed by atoms with Crippen LogP contribution in [-0.4, -0.2) is 47.6 Å². The van der Waals surface area contributed by atoms with Crippen LogP contribution in [0.1, 0.15) is 24.8 Å². The molecule has 0 radical (unpaired) electrons. The number of fused-ring (bicyclic) bond motifs is 1. The van der Waals surface area contributed by atoms with Gasteiger partial charge in [0.2, 0.25) is 0 Å². The van der Waals surface area contributed by atoms with Gasteiger partial charge in [-0.3, -0.25) is 4.79 Å². The maximum Gasteiger partial charge on any atom is 0.260 e. The molecule has 0 atom stereocenters. The van der Waals surface area contributed by atoms with Crippen molar-refractivity contribution in [2.24, 2.45) is 0 Å². The zero-order chi connectivity index (χ0) is 19.5. The summed E-state index contributed by atoms with van der Waals surface area (Å²) in [5.74, 6) is 1.94. The number of imidazole rings is 1. The topological polar surface area (TPSA) is 67.5 Å². The molecule has 1 amide bonds. The lowest BCUT2D eigenvalue weighted by molar-refractivity contribution is -0.134. The summed E-state index contributed by atoms with van der Waals surface area (Å²) in [6.07, 6.45) is 3.34. The van der Waals surface area contributed by atoms with Crippen molar-refractivity contribution < 1.29 is 14.3 Å². The summed E-state index contributed by atoms with van der Waals surface area (Å²) in [5, 5.41) is 0. The third-order valence-electron chi connectivity index (χ3n) is 5.13. The highest BCUT2D eigenvalue weighted by atomic mass is 16.5. The van der Waals surface area contributed by atoms with Crippen LogP contribution in [0.25, 0.3) is 22.4 Å². The third-order valence-corrected chi connectivity index (χ3v) is 5.13. The number of aromatic amines is 1. The first-order valence-corrected chi connectivity index (χ1v) is 9.69. The predicted molar refractivity (Wildman–Crippen MR) is 109 cm³/mol. The first kappa shape index (κ1) is 18.3. The molecule has 0 bridgehead atoms. The first-order chi connectivity index (χ1) is 13.6. The van der Waals surface area contributed by atoms with Crippen molar-refractivity contribution in [3.8, 4) is 22.9 Å². The summed E-state index contributed by atoms with van der Waals surface area (Å²) in [6.45, 7) is 3.73. The Hall–Kier alpha value is -3.02. The Morgan fingerprint density at radius 2 is 1.93 bits per heavy atom. The molecule has 0 saturated carbocycles. The fourth-order valence-corrected chi connectivity index (χ4v) is 3.57. The number of carbonyl (C=O) groups excluding carboxylic acids is 1. The summed E-state index contributed by atoms with van der Waals surface area (Å²) in [4.78, 5) is 22.2. The molecule has 2 aromatic carbocycles. The number of likely N-dealkylation sites (tertiary alicyclic amines) is 1. The zero-order valence-corrected chi connectivity index (χ0v) is 16.3. The molecule has 1 aliphatic rings. The Bertz CT molecular complexity index is 990. The Morgan fingerprint density at radius 3 is 2.71 bits per heavy atom. The highest BCUT2D eigenvalue weighted by Crippen LogP contribution is 2.32. The minimum Gasteiger partial charge on any atom is -0.493 e. The number of amides is 1. The summed E-state index contributed by atoms with van der Waals surface area (Å²) in [6, 6.07) is 11.8. The van der Waals surface area contributed by atoms with Crippen molar-refractivity contribution in [3.05, 3.63) is 42.0 Å². The van der Waals surface area contributed by atoms with E-state index in [2.05, 4.69) is 23.0 Å². The molecule has 1 N–H and O–H groups in total. The number of H-pyrrole nitrogens is 1. The quantitative estimate of drug-likeness (QED) is 0.729. The molecule has 4 rings (SSSR count). The number of hydrogen-bond acceptors (Lipinski definition) is 4. The van der Waals surface area contributed by atoms with Gasteiger partial charge in [-0.25, -0.2) is 4.98 Å². The molecule has 0 spiro atoms. The van der Waals surface area contributed by atoms with Gasteiger partial charge >= 0.3 is 0 Å². The molecule has 1 fully saturated rings. The van der Waals surface area contributed by atoms with Crippen LogP contribution >= 0.6 is 0 Å².